The number of nitrogens with zero attached hydrogens (tertiary/aromatic N) is 2. The standard InChI is InChI=1S/C28H31Cl2N5O3/c1-3-26(36)35-10-7-16(8-11-35)19-14-20-23(6-9-31-24(20)15-25(19)38-2)34-27-21(29)12-18(13-22(27)30)33-28(37)32-17-4-5-17/h3,7,12,14-15,17-18,31H,1,4-6,8-11,13H2,2H3,(H2,32,33,37). The van der Waals surface area contributed by atoms with Gasteiger partial charge in [-0.05, 0) is 43.1 Å². The molecule has 8 nitrogen and oxygen atoms in total. The fraction of sp³-hybridized carbons (Fsp3) is 0.393. The van der Waals surface area contributed by atoms with Gasteiger partial charge in [0.15, 0.2) is 0 Å². The van der Waals surface area contributed by atoms with E-state index in [0.717, 1.165) is 46.7 Å². The second-order valence-corrected chi connectivity index (χ2v) is 10.6. The number of urea groups is 1. The molecule has 2 aliphatic heterocycles. The molecule has 1 atom stereocenters. The number of amides is 3. The van der Waals surface area contributed by atoms with Crippen molar-refractivity contribution in [2.45, 2.75) is 44.2 Å². The lowest BCUT2D eigenvalue weighted by Crippen LogP contribution is -2.42. The summed E-state index contributed by atoms with van der Waals surface area (Å²) < 4.78 is 5.73. The van der Waals surface area contributed by atoms with Gasteiger partial charge in [-0.3, -0.25) is 4.79 Å². The Bertz CT molecular complexity index is 1300. The minimum absolute atomic E-state index is 0.0696. The smallest absolute Gasteiger partial charge is 0.315 e. The van der Waals surface area contributed by atoms with Gasteiger partial charge in [0.1, 0.15) is 5.75 Å². The lowest BCUT2D eigenvalue weighted by Gasteiger charge is -2.28. The lowest BCUT2D eigenvalue weighted by molar-refractivity contribution is -0.125. The van der Waals surface area contributed by atoms with Gasteiger partial charge in [0.05, 0.1) is 29.6 Å². The van der Waals surface area contributed by atoms with E-state index in [2.05, 4.69) is 34.7 Å². The Hall–Kier alpha value is -3.23. The first-order valence-electron chi connectivity index (χ1n) is 12.8. The van der Waals surface area contributed by atoms with Crippen LogP contribution >= 0.6 is 23.2 Å². The molecular formula is C28H31Cl2N5O3. The zero-order chi connectivity index (χ0) is 26.8. The van der Waals surface area contributed by atoms with E-state index in [1.807, 2.05) is 6.07 Å². The van der Waals surface area contributed by atoms with Crippen molar-refractivity contribution >= 4 is 52.1 Å². The molecule has 38 heavy (non-hydrogen) atoms. The first kappa shape index (κ1) is 26.4. The van der Waals surface area contributed by atoms with E-state index in [1.165, 1.54) is 6.08 Å². The molecule has 3 N–H and O–H groups in total. The molecule has 1 saturated carbocycles. The largest absolute Gasteiger partial charge is 0.496 e. The van der Waals surface area contributed by atoms with Crippen molar-refractivity contribution < 1.29 is 14.3 Å². The van der Waals surface area contributed by atoms with E-state index < -0.39 is 0 Å². The number of rotatable bonds is 6. The number of halogens is 2. The molecule has 3 amide bonds. The number of fused-ring (bicyclic) bond motifs is 1. The molecule has 2 aliphatic carbocycles. The summed E-state index contributed by atoms with van der Waals surface area (Å²) in [6.07, 6.45) is 9.08. The van der Waals surface area contributed by atoms with Crippen LogP contribution in [0.4, 0.5) is 10.5 Å². The Morgan fingerprint density at radius 3 is 2.68 bits per heavy atom. The van der Waals surface area contributed by atoms with Gasteiger partial charge in [-0.15, -0.1) is 0 Å². The van der Waals surface area contributed by atoms with Crippen LogP contribution in [0.25, 0.3) is 5.57 Å². The Kier molecular flexibility index (Phi) is 7.81. The number of hydrogen-bond donors (Lipinski definition) is 3. The summed E-state index contributed by atoms with van der Waals surface area (Å²) in [6, 6.07) is 3.86. The van der Waals surface area contributed by atoms with Gasteiger partial charge in [-0.1, -0.05) is 35.9 Å². The van der Waals surface area contributed by atoms with Crippen molar-refractivity contribution in [3.8, 4) is 5.75 Å². The molecule has 0 radical (unpaired) electrons. The highest BCUT2D eigenvalue weighted by Crippen LogP contribution is 2.38. The Balaban J connectivity index is 1.41. The summed E-state index contributed by atoms with van der Waals surface area (Å²) in [7, 11) is 1.66. The summed E-state index contributed by atoms with van der Waals surface area (Å²) in [5.41, 5.74) is 5.39. The normalized spacial score (nSPS) is 22.1. The van der Waals surface area contributed by atoms with Gasteiger partial charge in [-0.2, -0.15) is 0 Å². The van der Waals surface area contributed by atoms with Gasteiger partial charge in [0.25, 0.3) is 0 Å². The van der Waals surface area contributed by atoms with Gasteiger partial charge in [0, 0.05) is 66.4 Å². The number of carbonyl (C=O) groups is 2. The third kappa shape index (κ3) is 5.76. The Morgan fingerprint density at radius 1 is 1.21 bits per heavy atom. The second-order valence-electron chi connectivity index (χ2n) is 9.77. The van der Waals surface area contributed by atoms with Crippen LogP contribution < -0.4 is 20.7 Å². The molecule has 2 heterocycles. The predicted octanol–water partition coefficient (Wildman–Crippen LogP) is 4.91. The highest BCUT2D eigenvalue weighted by Gasteiger charge is 2.28. The van der Waals surface area contributed by atoms with E-state index in [1.54, 1.807) is 18.1 Å². The number of aliphatic imine (C=N–C) groups is 1. The lowest BCUT2D eigenvalue weighted by atomic mass is 9.92. The Morgan fingerprint density at radius 2 is 2.03 bits per heavy atom. The fourth-order valence-electron chi connectivity index (χ4n) is 4.89. The third-order valence-electron chi connectivity index (χ3n) is 7.07. The zero-order valence-electron chi connectivity index (χ0n) is 21.3. The van der Waals surface area contributed by atoms with E-state index in [0.29, 0.717) is 54.7 Å². The van der Waals surface area contributed by atoms with Crippen molar-refractivity contribution in [2.75, 3.05) is 32.1 Å². The molecule has 0 spiro atoms. The van der Waals surface area contributed by atoms with Gasteiger partial charge >= 0.3 is 6.03 Å². The minimum Gasteiger partial charge on any atom is -0.496 e. The molecule has 0 saturated heterocycles. The fourth-order valence-corrected chi connectivity index (χ4v) is 5.56. The van der Waals surface area contributed by atoms with E-state index in [9.17, 15) is 9.59 Å². The van der Waals surface area contributed by atoms with Crippen LogP contribution in [0.2, 0.25) is 0 Å². The van der Waals surface area contributed by atoms with Crippen LogP contribution in [0, 0.1) is 0 Å². The maximum Gasteiger partial charge on any atom is 0.315 e. The van der Waals surface area contributed by atoms with Crippen molar-refractivity contribution in [1.82, 2.24) is 15.5 Å². The van der Waals surface area contributed by atoms with E-state index >= 15 is 0 Å². The molecule has 1 aromatic rings. The average molecular weight is 556 g/mol. The zero-order valence-corrected chi connectivity index (χ0v) is 22.8. The summed E-state index contributed by atoms with van der Waals surface area (Å²) in [5, 5.41) is 10.2. The second kappa shape index (κ2) is 11.3. The molecular weight excluding hydrogens is 525 g/mol. The molecule has 1 unspecified atom stereocenters. The SMILES string of the molecule is C=CC(=O)N1CC=C(c2cc3c(cc2OC)NCCC3=NC2=C(Cl)CC(NC(=O)NC3CC3)C=C2Cl)CC1. The highest BCUT2D eigenvalue weighted by atomic mass is 35.5. The number of methoxy groups -OCH3 is 1. The van der Waals surface area contributed by atoms with Gasteiger partial charge in [-0.25, -0.2) is 9.79 Å². The minimum atomic E-state index is -0.292. The number of benzene rings is 1. The van der Waals surface area contributed by atoms with Crippen molar-refractivity contribution in [2.24, 2.45) is 4.99 Å². The third-order valence-corrected chi connectivity index (χ3v) is 7.71. The van der Waals surface area contributed by atoms with Crippen LogP contribution in [0.1, 0.15) is 43.2 Å². The van der Waals surface area contributed by atoms with E-state index in [4.69, 9.17) is 32.9 Å². The topological polar surface area (TPSA) is 95.1 Å². The number of hydrogen-bond acceptors (Lipinski definition) is 5. The van der Waals surface area contributed by atoms with Crippen LogP contribution in [0.5, 0.6) is 5.75 Å². The van der Waals surface area contributed by atoms with Crippen LogP contribution in [0.15, 0.2) is 57.7 Å². The molecule has 0 bridgehead atoms. The molecule has 0 aromatic heterocycles. The number of anilines is 1. The Labute approximate surface area is 232 Å². The number of allylic oxidation sites excluding steroid dienone is 1. The highest BCUT2D eigenvalue weighted by molar-refractivity contribution is 6.36. The predicted molar refractivity (Wildman–Crippen MR) is 152 cm³/mol. The van der Waals surface area contributed by atoms with E-state index in [-0.39, 0.29) is 24.0 Å². The van der Waals surface area contributed by atoms with Crippen LogP contribution in [-0.4, -0.2) is 61.4 Å². The molecule has 10 heteroatoms. The van der Waals surface area contributed by atoms with Gasteiger partial charge in [0.2, 0.25) is 5.91 Å². The summed E-state index contributed by atoms with van der Waals surface area (Å²) >= 11 is 13.3. The number of carbonyl (C=O) groups excluding carboxylic acids is 2. The number of nitrogens with one attached hydrogen (secondary N) is 3. The first-order chi connectivity index (χ1) is 18.4. The monoisotopic (exact) mass is 555 g/mol. The summed E-state index contributed by atoms with van der Waals surface area (Å²) in [4.78, 5) is 30.9. The maximum atomic E-state index is 12.2. The van der Waals surface area contributed by atoms with Gasteiger partial charge < -0.3 is 25.6 Å². The first-order valence-corrected chi connectivity index (χ1v) is 13.6. The quantitative estimate of drug-likeness (QED) is 0.434. The maximum absolute atomic E-state index is 12.2. The average Bonchev–Trinajstić information content (AvgIpc) is 3.73. The number of ether oxygens (including phenoxy) is 1. The summed E-state index contributed by atoms with van der Waals surface area (Å²) in [6.45, 7) is 5.44. The molecule has 1 fully saturated rings. The van der Waals surface area contributed by atoms with Crippen LogP contribution in [-0.2, 0) is 4.79 Å². The van der Waals surface area contributed by atoms with Crippen molar-refractivity contribution in [1.29, 1.82) is 0 Å². The molecule has 5 rings (SSSR count). The molecule has 4 aliphatic rings. The summed E-state index contributed by atoms with van der Waals surface area (Å²) in [5.74, 6) is 0.693. The van der Waals surface area contributed by atoms with Crippen molar-refractivity contribution in [3.63, 3.8) is 0 Å². The molecule has 1 aromatic carbocycles. The molecule has 200 valence electrons. The van der Waals surface area contributed by atoms with Crippen LogP contribution in [0.3, 0.4) is 0 Å². The van der Waals surface area contributed by atoms with Crippen molar-refractivity contribution in [3.05, 3.63) is 63.8 Å².